The number of fused-ring (bicyclic) bond motifs is 1. The van der Waals surface area contributed by atoms with Crippen molar-refractivity contribution in [3.8, 4) is 0 Å². The number of aromatic nitrogens is 3. The summed E-state index contributed by atoms with van der Waals surface area (Å²) in [5.74, 6) is -0.132. The topological polar surface area (TPSA) is 80.0 Å². The van der Waals surface area contributed by atoms with E-state index in [1.54, 1.807) is 16.8 Å². The molecule has 1 aromatic carbocycles. The summed E-state index contributed by atoms with van der Waals surface area (Å²) in [4.78, 5) is 12.3. The normalized spacial score (nSPS) is 23.8. The lowest BCUT2D eigenvalue weighted by molar-refractivity contribution is -0.0689. The zero-order chi connectivity index (χ0) is 15.2. The first-order chi connectivity index (χ1) is 9.93. The second-order valence-electron chi connectivity index (χ2n) is 6.21. The number of rotatable bonds is 3. The molecule has 0 bridgehead atoms. The van der Waals surface area contributed by atoms with E-state index in [0.717, 1.165) is 17.6 Å². The van der Waals surface area contributed by atoms with Crippen LogP contribution in [0.5, 0.6) is 0 Å². The Labute approximate surface area is 123 Å². The molecular formula is C15H20N4O2. The smallest absolute Gasteiger partial charge is 0.251 e. The molecule has 2 atom stereocenters. The summed E-state index contributed by atoms with van der Waals surface area (Å²) in [6, 6.07) is 5.41. The van der Waals surface area contributed by atoms with E-state index in [9.17, 15) is 9.90 Å². The third-order valence-electron chi connectivity index (χ3n) is 4.60. The van der Waals surface area contributed by atoms with Crippen molar-refractivity contribution in [3.05, 3.63) is 23.8 Å². The summed E-state index contributed by atoms with van der Waals surface area (Å²) in [5, 5.41) is 20.8. The van der Waals surface area contributed by atoms with Crippen molar-refractivity contribution in [1.29, 1.82) is 0 Å². The maximum Gasteiger partial charge on any atom is 0.251 e. The standard InChI is InChI=1S/C15H20N4O2/c1-4-19-11-6-5-9(7-10(11)17-18-19)14(21)16-12-8-13(20)15(12,2)3/h5-7,12-13,20H,4,8H2,1-3H3,(H,16,21). The fourth-order valence-corrected chi connectivity index (χ4v) is 2.74. The van der Waals surface area contributed by atoms with Crippen LogP contribution in [0.4, 0.5) is 0 Å². The highest BCUT2D eigenvalue weighted by atomic mass is 16.3. The molecular weight excluding hydrogens is 268 g/mol. The average Bonchev–Trinajstić information content (AvgIpc) is 2.88. The summed E-state index contributed by atoms with van der Waals surface area (Å²) >= 11 is 0. The van der Waals surface area contributed by atoms with Crippen molar-refractivity contribution < 1.29 is 9.90 Å². The Morgan fingerprint density at radius 2 is 2.29 bits per heavy atom. The van der Waals surface area contributed by atoms with Gasteiger partial charge in [-0.15, -0.1) is 5.10 Å². The van der Waals surface area contributed by atoms with Crippen LogP contribution in [0.1, 0.15) is 37.6 Å². The monoisotopic (exact) mass is 288 g/mol. The molecule has 1 aromatic heterocycles. The highest BCUT2D eigenvalue weighted by Gasteiger charge is 2.47. The van der Waals surface area contributed by atoms with Crippen LogP contribution in [-0.4, -0.2) is 38.2 Å². The number of aryl methyl sites for hydroxylation is 1. The minimum absolute atomic E-state index is 0.00187. The molecule has 0 spiro atoms. The third kappa shape index (κ3) is 2.19. The molecule has 6 heteroatoms. The molecule has 112 valence electrons. The molecule has 0 radical (unpaired) electrons. The lowest BCUT2D eigenvalue weighted by Gasteiger charge is -2.49. The van der Waals surface area contributed by atoms with Crippen LogP contribution in [0.2, 0.25) is 0 Å². The van der Waals surface area contributed by atoms with E-state index in [1.165, 1.54) is 0 Å². The van der Waals surface area contributed by atoms with Crippen molar-refractivity contribution >= 4 is 16.9 Å². The third-order valence-corrected chi connectivity index (χ3v) is 4.60. The summed E-state index contributed by atoms with van der Waals surface area (Å²) in [6.45, 7) is 6.67. The van der Waals surface area contributed by atoms with Gasteiger partial charge >= 0.3 is 0 Å². The summed E-state index contributed by atoms with van der Waals surface area (Å²) in [6.07, 6.45) is 0.252. The quantitative estimate of drug-likeness (QED) is 0.893. The van der Waals surface area contributed by atoms with Gasteiger partial charge in [0.05, 0.1) is 11.6 Å². The number of carbonyl (C=O) groups excluding carboxylic acids is 1. The number of carbonyl (C=O) groups is 1. The number of hydrogen-bond acceptors (Lipinski definition) is 4. The Balaban J connectivity index is 1.79. The molecule has 1 aliphatic rings. The fraction of sp³-hybridized carbons (Fsp3) is 0.533. The van der Waals surface area contributed by atoms with Gasteiger partial charge in [-0.1, -0.05) is 19.1 Å². The highest BCUT2D eigenvalue weighted by Crippen LogP contribution is 2.40. The number of amides is 1. The Hall–Kier alpha value is -1.95. The first kappa shape index (κ1) is 14.0. The van der Waals surface area contributed by atoms with Gasteiger partial charge in [0.15, 0.2) is 0 Å². The average molecular weight is 288 g/mol. The van der Waals surface area contributed by atoms with Gasteiger partial charge in [-0.25, -0.2) is 4.68 Å². The minimum atomic E-state index is -0.352. The predicted molar refractivity (Wildman–Crippen MR) is 78.9 cm³/mol. The summed E-state index contributed by atoms with van der Waals surface area (Å²) < 4.78 is 1.79. The number of benzene rings is 1. The molecule has 21 heavy (non-hydrogen) atoms. The van der Waals surface area contributed by atoms with Crippen LogP contribution in [-0.2, 0) is 6.54 Å². The summed E-state index contributed by atoms with van der Waals surface area (Å²) in [5.41, 5.74) is 1.94. The Bertz CT molecular complexity index is 692. The highest BCUT2D eigenvalue weighted by molar-refractivity contribution is 5.97. The molecule has 1 amide bonds. The second-order valence-corrected chi connectivity index (χ2v) is 6.21. The van der Waals surface area contributed by atoms with Gasteiger partial charge in [-0.2, -0.15) is 0 Å². The van der Waals surface area contributed by atoms with E-state index >= 15 is 0 Å². The zero-order valence-electron chi connectivity index (χ0n) is 12.5. The predicted octanol–water partition coefficient (Wildman–Crippen LogP) is 1.34. The molecule has 1 heterocycles. The number of nitrogens with one attached hydrogen (secondary N) is 1. The van der Waals surface area contributed by atoms with E-state index in [-0.39, 0.29) is 23.5 Å². The van der Waals surface area contributed by atoms with E-state index in [2.05, 4.69) is 15.6 Å². The molecule has 1 saturated carbocycles. The van der Waals surface area contributed by atoms with E-state index in [0.29, 0.717) is 12.0 Å². The molecule has 2 N–H and O–H groups in total. The van der Waals surface area contributed by atoms with Crippen molar-refractivity contribution in [2.24, 2.45) is 5.41 Å². The van der Waals surface area contributed by atoms with Crippen LogP contribution < -0.4 is 5.32 Å². The van der Waals surface area contributed by atoms with Crippen LogP contribution in [0.25, 0.3) is 11.0 Å². The van der Waals surface area contributed by atoms with Crippen LogP contribution in [0.15, 0.2) is 18.2 Å². The van der Waals surface area contributed by atoms with E-state index in [4.69, 9.17) is 0 Å². The van der Waals surface area contributed by atoms with Gasteiger partial charge in [0, 0.05) is 23.6 Å². The van der Waals surface area contributed by atoms with Crippen molar-refractivity contribution in [2.75, 3.05) is 0 Å². The molecule has 6 nitrogen and oxygen atoms in total. The maximum absolute atomic E-state index is 12.3. The lowest BCUT2D eigenvalue weighted by Crippen LogP contribution is -2.61. The molecule has 1 aliphatic carbocycles. The molecule has 0 aliphatic heterocycles. The van der Waals surface area contributed by atoms with Gasteiger partial charge in [0.1, 0.15) is 5.52 Å². The van der Waals surface area contributed by atoms with Crippen molar-refractivity contribution in [2.45, 2.75) is 45.9 Å². The first-order valence-corrected chi connectivity index (χ1v) is 7.25. The molecule has 0 saturated heterocycles. The van der Waals surface area contributed by atoms with Crippen molar-refractivity contribution in [3.63, 3.8) is 0 Å². The van der Waals surface area contributed by atoms with Gasteiger partial charge in [0.2, 0.25) is 0 Å². The van der Waals surface area contributed by atoms with Gasteiger partial charge in [-0.05, 0) is 31.5 Å². The van der Waals surface area contributed by atoms with Crippen LogP contribution >= 0.6 is 0 Å². The van der Waals surface area contributed by atoms with Gasteiger partial charge in [-0.3, -0.25) is 4.79 Å². The van der Waals surface area contributed by atoms with E-state index in [1.807, 2.05) is 26.8 Å². The number of aliphatic hydroxyl groups excluding tert-OH is 1. The lowest BCUT2D eigenvalue weighted by atomic mass is 9.64. The first-order valence-electron chi connectivity index (χ1n) is 7.25. The number of aliphatic hydroxyl groups is 1. The maximum atomic E-state index is 12.3. The minimum Gasteiger partial charge on any atom is -0.392 e. The number of hydrogen-bond donors (Lipinski definition) is 2. The second kappa shape index (κ2) is 4.80. The van der Waals surface area contributed by atoms with Crippen molar-refractivity contribution in [1.82, 2.24) is 20.3 Å². The fourth-order valence-electron chi connectivity index (χ4n) is 2.74. The molecule has 1 fully saturated rings. The Kier molecular flexibility index (Phi) is 3.20. The Morgan fingerprint density at radius 3 is 2.90 bits per heavy atom. The van der Waals surface area contributed by atoms with Gasteiger partial charge < -0.3 is 10.4 Å². The molecule has 3 rings (SSSR count). The van der Waals surface area contributed by atoms with Gasteiger partial charge in [0.25, 0.3) is 5.91 Å². The van der Waals surface area contributed by atoms with Crippen LogP contribution in [0, 0.1) is 5.41 Å². The summed E-state index contributed by atoms with van der Waals surface area (Å²) in [7, 11) is 0. The largest absolute Gasteiger partial charge is 0.392 e. The number of nitrogens with zero attached hydrogens (tertiary/aromatic N) is 3. The molecule has 2 aromatic rings. The Morgan fingerprint density at radius 1 is 1.52 bits per heavy atom. The van der Waals surface area contributed by atoms with E-state index < -0.39 is 0 Å². The SMILES string of the molecule is CCn1nnc2cc(C(=O)NC3CC(O)C3(C)C)ccc21. The zero-order valence-corrected chi connectivity index (χ0v) is 12.5. The molecule has 2 unspecified atom stereocenters. The van der Waals surface area contributed by atoms with Crippen LogP contribution in [0.3, 0.4) is 0 Å².